The number of nitrogen functional groups attached to an aromatic ring is 1. The van der Waals surface area contributed by atoms with Crippen molar-refractivity contribution in [1.82, 2.24) is 0 Å². The summed E-state index contributed by atoms with van der Waals surface area (Å²) in [6.07, 6.45) is 0.554. The summed E-state index contributed by atoms with van der Waals surface area (Å²) in [6, 6.07) is 9.55. The van der Waals surface area contributed by atoms with Gasteiger partial charge in [0.2, 0.25) is 0 Å². The molecule has 2 aromatic carbocycles. The standard InChI is InChI=1S/C13H10Cl2FN/c14-12-6-10(17)7-13(15)11(12)5-8-1-3-9(16)4-2-8/h1-4,6-7H,5,17H2. The van der Waals surface area contributed by atoms with Crippen LogP contribution in [0.25, 0.3) is 0 Å². The number of rotatable bonds is 2. The number of hydrogen-bond acceptors (Lipinski definition) is 1. The zero-order chi connectivity index (χ0) is 12.4. The Morgan fingerprint density at radius 1 is 1.00 bits per heavy atom. The van der Waals surface area contributed by atoms with Gasteiger partial charge in [0.1, 0.15) is 5.82 Å². The van der Waals surface area contributed by atoms with Crippen LogP contribution >= 0.6 is 23.2 Å². The molecule has 1 nitrogen and oxygen atoms in total. The van der Waals surface area contributed by atoms with E-state index < -0.39 is 0 Å². The molecule has 0 radical (unpaired) electrons. The quantitative estimate of drug-likeness (QED) is 0.808. The first kappa shape index (κ1) is 12.2. The molecule has 0 aliphatic rings. The summed E-state index contributed by atoms with van der Waals surface area (Å²) in [5.41, 5.74) is 7.90. The van der Waals surface area contributed by atoms with Crippen LogP contribution in [-0.2, 0) is 6.42 Å². The molecule has 0 fully saturated rings. The molecule has 17 heavy (non-hydrogen) atoms. The highest BCUT2D eigenvalue weighted by Gasteiger charge is 2.08. The second kappa shape index (κ2) is 4.94. The van der Waals surface area contributed by atoms with Crippen LogP contribution in [0.15, 0.2) is 36.4 Å². The zero-order valence-corrected chi connectivity index (χ0v) is 10.4. The minimum Gasteiger partial charge on any atom is -0.399 e. The highest BCUT2D eigenvalue weighted by Crippen LogP contribution is 2.29. The van der Waals surface area contributed by atoms with Crippen molar-refractivity contribution in [2.24, 2.45) is 0 Å². The van der Waals surface area contributed by atoms with E-state index >= 15 is 0 Å². The molecule has 0 unspecified atom stereocenters. The number of hydrogen-bond donors (Lipinski definition) is 1. The molecular weight excluding hydrogens is 260 g/mol. The summed E-state index contributed by atoms with van der Waals surface area (Å²) >= 11 is 12.2. The lowest BCUT2D eigenvalue weighted by Gasteiger charge is -2.08. The first-order valence-corrected chi connectivity index (χ1v) is 5.79. The Kier molecular flexibility index (Phi) is 3.55. The molecule has 0 saturated carbocycles. The molecule has 0 aromatic heterocycles. The molecule has 0 aliphatic heterocycles. The third-order valence-electron chi connectivity index (χ3n) is 2.46. The maximum absolute atomic E-state index is 12.8. The molecule has 0 atom stereocenters. The van der Waals surface area contributed by atoms with Gasteiger partial charge in [-0.25, -0.2) is 4.39 Å². The monoisotopic (exact) mass is 269 g/mol. The van der Waals surface area contributed by atoms with E-state index in [0.717, 1.165) is 11.1 Å². The molecular formula is C13H10Cl2FN. The van der Waals surface area contributed by atoms with E-state index in [1.54, 1.807) is 24.3 Å². The first-order valence-electron chi connectivity index (χ1n) is 5.04. The SMILES string of the molecule is Nc1cc(Cl)c(Cc2ccc(F)cc2)c(Cl)c1. The predicted molar refractivity (Wildman–Crippen MR) is 70.1 cm³/mol. The topological polar surface area (TPSA) is 26.0 Å². The molecule has 0 spiro atoms. The smallest absolute Gasteiger partial charge is 0.123 e. The summed E-state index contributed by atoms with van der Waals surface area (Å²) in [6.45, 7) is 0. The van der Waals surface area contributed by atoms with Crippen molar-refractivity contribution in [3.63, 3.8) is 0 Å². The largest absolute Gasteiger partial charge is 0.399 e. The van der Waals surface area contributed by atoms with Gasteiger partial charge in [-0.05, 0) is 35.4 Å². The second-order valence-electron chi connectivity index (χ2n) is 3.77. The molecule has 2 aromatic rings. The zero-order valence-electron chi connectivity index (χ0n) is 8.88. The van der Waals surface area contributed by atoms with Gasteiger partial charge >= 0.3 is 0 Å². The summed E-state index contributed by atoms with van der Waals surface area (Å²) in [7, 11) is 0. The Balaban J connectivity index is 2.33. The summed E-state index contributed by atoms with van der Waals surface area (Å²) in [5.74, 6) is -0.261. The van der Waals surface area contributed by atoms with Crippen LogP contribution in [-0.4, -0.2) is 0 Å². The van der Waals surface area contributed by atoms with Gasteiger partial charge in [-0.3, -0.25) is 0 Å². The summed E-state index contributed by atoms with van der Waals surface area (Å²) in [4.78, 5) is 0. The van der Waals surface area contributed by atoms with Crippen molar-refractivity contribution in [1.29, 1.82) is 0 Å². The minimum atomic E-state index is -0.261. The Morgan fingerprint density at radius 3 is 2.06 bits per heavy atom. The van der Waals surface area contributed by atoms with E-state index in [2.05, 4.69) is 0 Å². The van der Waals surface area contributed by atoms with Crippen molar-refractivity contribution in [2.45, 2.75) is 6.42 Å². The highest BCUT2D eigenvalue weighted by molar-refractivity contribution is 6.36. The van der Waals surface area contributed by atoms with Crippen molar-refractivity contribution in [3.05, 3.63) is 63.4 Å². The van der Waals surface area contributed by atoms with E-state index in [1.807, 2.05) is 0 Å². The third-order valence-corrected chi connectivity index (χ3v) is 3.13. The lowest BCUT2D eigenvalue weighted by Crippen LogP contribution is -1.94. The predicted octanol–water partition coefficient (Wildman–Crippen LogP) is 4.31. The lowest BCUT2D eigenvalue weighted by molar-refractivity contribution is 0.627. The van der Waals surface area contributed by atoms with Gasteiger partial charge in [-0.1, -0.05) is 35.3 Å². The van der Waals surface area contributed by atoms with Gasteiger partial charge in [-0.15, -0.1) is 0 Å². The molecule has 2 N–H and O–H groups in total. The lowest BCUT2D eigenvalue weighted by atomic mass is 10.0. The van der Waals surface area contributed by atoms with Gasteiger partial charge < -0.3 is 5.73 Å². The maximum atomic E-state index is 12.8. The normalized spacial score (nSPS) is 10.5. The van der Waals surface area contributed by atoms with E-state index in [-0.39, 0.29) is 5.82 Å². The second-order valence-corrected chi connectivity index (χ2v) is 4.58. The van der Waals surface area contributed by atoms with Crippen LogP contribution in [0.5, 0.6) is 0 Å². The van der Waals surface area contributed by atoms with Crippen LogP contribution in [0.3, 0.4) is 0 Å². The van der Waals surface area contributed by atoms with Gasteiger partial charge in [-0.2, -0.15) is 0 Å². The molecule has 0 bridgehead atoms. The number of benzene rings is 2. The molecule has 88 valence electrons. The fraction of sp³-hybridized carbons (Fsp3) is 0.0769. The van der Waals surface area contributed by atoms with Crippen molar-refractivity contribution in [2.75, 3.05) is 5.73 Å². The maximum Gasteiger partial charge on any atom is 0.123 e. The molecule has 0 saturated heterocycles. The van der Waals surface area contributed by atoms with Crippen LogP contribution in [0.1, 0.15) is 11.1 Å². The Morgan fingerprint density at radius 2 is 1.53 bits per heavy atom. The van der Waals surface area contributed by atoms with Crippen molar-refractivity contribution < 1.29 is 4.39 Å². The Bertz CT molecular complexity index is 515. The average molecular weight is 270 g/mol. The van der Waals surface area contributed by atoms with Gasteiger partial charge in [0, 0.05) is 22.2 Å². The van der Waals surface area contributed by atoms with Crippen molar-refractivity contribution >= 4 is 28.9 Å². The highest BCUT2D eigenvalue weighted by atomic mass is 35.5. The number of anilines is 1. The molecule has 0 amide bonds. The molecule has 0 heterocycles. The van der Waals surface area contributed by atoms with E-state index in [0.29, 0.717) is 22.2 Å². The minimum absolute atomic E-state index is 0.261. The number of halogens is 3. The third kappa shape index (κ3) is 2.90. The van der Waals surface area contributed by atoms with Gasteiger partial charge in [0.05, 0.1) is 0 Å². The van der Waals surface area contributed by atoms with Gasteiger partial charge in [0.15, 0.2) is 0 Å². The fourth-order valence-electron chi connectivity index (χ4n) is 1.60. The Hall–Kier alpha value is -1.25. The average Bonchev–Trinajstić information content (AvgIpc) is 2.26. The fourth-order valence-corrected chi connectivity index (χ4v) is 2.24. The summed E-state index contributed by atoms with van der Waals surface area (Å²) in [5, 5.41) is 1.05. The molecule has 0 aliphatic carbocycles. The van der Waals surface area contributed by atoms with Crippen LogP contribution in [0, 0.1) is 5.82 Å². The summed E-state index contributed by atoms with van der Waals surface area (Å²) < 4.78 is 12.8. The van der Waals surface area contributed by atoms with Crippen LogP contribution < -0.4 is 5.73 Å². The van der Waals surface area contributed by atoms with Crippen molar-refractivity contribution in [3.8, 4) is 0 Å². The van der Waals surface area contributed by atoms with E-state index in [4.69, 9.17) is 28.9 Å². The van der Waals surface area contributed by atoms with E-state index in [9.17, 15) is 4.39 Å². The number of nitrogens with two attached hydrogens (primary N) is 1. The van der Waals surface area contributed by atoms with Gasteiger partial charge in [0.25, 0.3) is 0 Å². The molecule has 2 rings (SSSR count). The molecule has 4 heteroatoms. The first-order chi connectivity index (χ1) is 8.06. The van der Waals surface area contributed by atoms with E-state index in [1.165, 1.54) is 12.1 Å². The van der Waals surface area contributed by atoms with Crippen LogP contribution in [0.4, 0.5) is 10.1 Å². The Labute approximate surface area is 109 Å². The van der Waals surface area contributed by atoms with Crippen LogP contribution in [0.2, 0.25) is 10.0 Å².